The van der Waals surface area contributed by atoms with Gasteiger partial charge in [-0.3, -0.25) is 24.6 Å². The molecule has 0 bridgehead atoms. The van der Waals surface area contributed by atoms with Crippen molar-refractivity contribution in [2.24, 2.45) is 5.92 Å². The van der Waals surface area contributed by atoms with Gasteiger partial charge in [-0.15, -0.1) is 0 Å². The van der Waals surface area contributed by atoms with E-state index in [2.05, 4.69) is 35.6 Å². The minimum absolute atomic E-state index is 0.107. The minimum Gasteiger partial charge on any atom is -0.322 e. The fourth-order valence-corrected chi connectivity index (χ4v) is 4.84. The molecule has 0 spiro atoms. The van der Waals surface area contributed by atoms with Gasteiger partial charge < -0.3 is 10.2 Å². The van der Waals surface area contributed by atoms with Crippen LogP contribution < -0.4 is 10.6 Å². The monoisotopic (exact) mass is 384 g/mol. The van der Waals surface area contributed by atoms with Gasteiger partial charge in [-0.2, -0.15) is 0 Å². The third-order valence-corrected chi connectivity index (χ3v) is 6.41. The first-order chi connectivity index (χ1) is 13.5. The van der Waals surface area contributed by atoms with E-state index in [4.69, 9.17) is 0 Å². The number of nitrogens with one attached hydrogen (secondary N) is 2. The number of rotatable bonds is 4. The normalized spacial score (nSPS) is 27.9. The molecule has 7 nitrogen and oxygen atoms in total. The average molecular weight is 384 g/mol. The van der Waals surface area contributed by atoms with E-state index in [0.717, 1.165) is 37.2 Å². The summed E-state index contributed by atoms with van der Waals surface area (Å²) in [6.45, 7) is 5.57. The fourth-order valence-electron chi connectivity index (χ4n) is 4.84. The van der Waals surface area contributed by atoms with Crippen molar-refractivity contribution >= 4 is 17.7 Å². The summed E-state index contributed by atoms with van der Waals surface area (Å²) in [7, 11) is 2.15. The highest BCUT2D eigenvalue weighted by atomic mass is 16.2. The van der Waals surface area contributed by atoms with Crippen LogP contribution >= 0.6 is 0 Å². The fraction of sp³-hybridized carbons (Fsp3) is 0.571. The molecule has 7 heteroatoms. The number of hydrogen-bond donors (Lipinski definition) is 2. The molecule has 3 heterocycles. The lowest BCUT2D eigenvalue weighted by Gasteiger charge is -2.37. The molecule has 2 saturated heterocycles. The molecule has 3 atom stereocenters. The molecule has 3 aliphatic rings. The zero-order valence-electron chi connectivity index (χ0n) is 16.5. The van der Waals surface area contributed by atoms with Gasteiger partial charge in [0.15, 0.2) is 0 Å². The van der Waals surface area contributed by atoms with Crippen molar-refractivity contribution in [3.05, 3.63) is 34.9 Å². The maximum absolute atomic E-state index is 13.0. The van der Waals surface area contributed by atoms with E-state index in [0.29, 0.717) is 30.5 Å². The molecule has 0 aromatic heterocycles. The van der Waals surface area contributed by atoms with Gasteiger partial charge in [0.05, 0.1) is 0 Å². The number of piperidine rings is 2. The number of amides is 3. The van der Waals surface area contributed by atoms with Crippen molar-refractivity contribution in [2.45, 2.75) is 51.4 Å². The highest BCUT2D eigenvalue weighted by molar-refractivity contribution is 6.05. The summed E-state index contributed by atoms with van der Waals surface area (Å²) in [6, 6.07) is 5.82. The third-order valence-electron chi connectivity index (χ3n) is 6.41. The Balaban J connectivity index is 1.53. The van der Waals surface area contributed by atoms with Crippen LogP contribution in [0.5, 0.6) is 0 Å². The van der Waals surface area contributed by atoms with Crippen molar-refractivity contribution < 1.29 is 14.4 Å². The lowest BCUT2D eigenvalue weighted by Crippen LogP contribution is -2.52. The van der Waals surface area contributed by atoms with Gasteiger partial charge in [0.25, 0.3) is 5.91 Å². The second-order valence-corrected chi connectivity index (χ2v) is 8.30. The van der Waals surface area contributed by atoms with Crippen molar-refractivity contribution in [2.75, 3.05) is 20.1 Å². The first-order valence-electron chi connectivity index (χ1n) is 10.1. The van der Waals surface area contributed by atoms with E-state index in [1.54, 1.807) is 4.90 Å². The van der Waals surface area contributed by atoms with Crippen LogP contribution in [0.4, 0.5) is 0 Å². The van der Waals surface area contributed by atoms with Crippen molar-refractivity contribution in [3.63, 3.8) is 0 Å². The number of carbonyl (C=O) groups excluding carboxylic acids is 3. The lowest BCUT2D eigenvalue weighted by molar-refractivity contribution is -0.136. The number of carbonyl (C=O) groups is 3. The van der Waals surface area contributed by atoms with Crippen LogP contribution in [0.2, 0.25) is 0 Å². The van der Waals surface area contributed by atoms with Gasteiger partial charge in [-0.1, -0.05) is 19.1 Å². The average Bonchev–Trinajstić information content (AvgIpc) is 3.00. The molecule has 150 valence electrons. The Morgan fingerprint density at radius 1 is 1.21 bits per heavy atom. The van der Waals surface area contributed by atoms with Gasteiger partial charge in [0, 0.05) is 31.1 Å². The molecule has 4 rings (SSSR count). The zero-order chi connectivity index (χ0) is 19.8. The SMILES string of the molecule is CC1CNCCC1N(C)Cc1cccc2c1CN(C1CCC(=O)NC1=O)C2=O. The van der Waals surface area contributed by atoms with E-state index in [9.17, 15) is 14.4 Å². The molecule has 0 radical (unpaired) electrons. The summed E-state index contributed by atoms with van der Waals surface area (Å²) in [5.41, 5.74) is 2.86. The molecule has 1 aromatic carbocycles. The van der Waals surface area contributed by atoms with E-state index < -0.39 is 6.04 Å². The molecule has 0 aliphatic carbocycles. The smallest absolute Gasteiger partial charge is 0.255 e. The maximum atomic E-state index is 13.0. The van der Waals surface area contributed by atoms with Crippen LogP contribution in [0.15, 0.2) is 18.2 Å². The molecular formula is C21H28N4O3. The molecule has 3 unspecified atom stereocenters. The first-order valence-corrected chi connectivity index (χ1v) is 10.1. The molecular weight excluding hydrogens is 356 g/mol. The predicted molar refractivity (Wildman–Crippen MR) is 104 cm³/mol. The molecule has 2 fully saturated rings. The van der Waals surface area contributed by atoms with Crippen LogP contribution in [-0.2, 0) is 22.7 Å². The van der Waals surface area contributed by atoms with Crippen LogP contribution in [0.25, 0.3) is 0 Å². The van der Waals surface area contributed by atoms with Crippen LogP contribution in [-0.4, -0.2) is 59.7 Å². The summed E-state index contributed by atoms with van der Waals surface area (Å²) in [6.07, 6.45) is 1.79. The molecule has 2 N–H and O–H groups in total. The topological polar surface area (TPSA) is 81.8 Å². The van der Waals surface area contributed by atoms with Gasteiger partial charge >= 0.3 is 0 Å². The number of fused-ring (bicyclic) bond motifs is 1. The highest BCUT2D eigenvalue weighted by Gasteiger charge is 2.40. The molecule has 1 aromatic rings. The van der Waals surface area contributed by atoms with E-state index in [1.807, 2.05) is 12.1 Å². The second kappa shape index (κ2) is 7.64. The van der Waals surface area contributed by atoms with Gasteiger partial charge in [-0.25, -0.2) is 0 Å². The number of benzene rings is 1. The van der Waals surface area contributed by atoms with E-state index in [1.165, 1.54) is 0 Å². The largest absolute Gasteiger partial charge is 0.322 e. The quantitative estimate of drug-likeness (QED) is 0.753. The highest BCUT2D eigenvalue weighted by Crippen LogP contribution is 2.31. The van der Waals surface area contributed by atoms with Crippen LogP contribution in [0.1, 0.15) is 47.7 Å². The molecule has 3 aliphatic heterocycles. The molecule has 0 saturated carbocycles. The van der Waals surface area contributed by atoms with Crippen molar-refractivity contribution in [1.29, 1.82) is 0 Å². The number of nitrogens with zero attached hydrogens (tertiary/aromatic N) is 2. The first kappa shape index (κ1) is 19.1. The molecule has 3 amide bonds. The minimum atomic E-state index is -0.562. The summed E-state index contributed by atoms with van der Waals surface area (Å²) in [5, 5.41) is 5.80. The van der Waals surface area contributed by atoms with Gasteiger partial charge in [0.2, 0.25) is 11.8 Å². The van der Waals surface area contributed by atoms with Crippen molar-refractivity contribution in [3.8, 4) is 0 Å². The Morgan fingerprint density at radius 3 is 2.79 bits per heavy atom. The Morgan fingerprint density at radius 2 is 2.04 bits per heavy atom. The summed E-state index contributed by atoms with van der Waals surface area (Å²) in [5.74, 6) is -0.148. The van der Waals surface area contributed by atoms with E-state index in [-0.39, 0.29) is 24.1 Å². The third kappa shape index (κ3) is 3.44. The summed E-state index contributed by atoms with van der Waals surface area (Å²) < 4.78 is 0. The van der Waals surface area contributed by atoms with Crippen LogP contribution in [0.3, 0.4) is 0 Å². The second-order valence-electron chi connectivity index (χ2n) is 8.30. The Labute approximate surface area is 165 Å². The standard InChI is InChI=1S/C21H28N4O3/c1-13-10-22-9-8-17(13)24(2)11-14-4-3-5-15-16(14)12-25(21(15)28)18-6-7-19(26)23-20(18)27/h3-5,13,17-18,22H,6-12H2,1-2H3,(H,23,26,27). The summed E-state index contributed by atoms with van der Waals surface area (Å²) in [4.78, 5) is 40.7. The van der Waals surface area contributed by atoms with Crippen LogP contribution in [0, 0.1) is 5.92 Å². The number of hydrogen-bond acceptors (Lipinski definition) is 5. The predicted octanol–water partition coefficient (Wildman–Crippen LogP) is 0.877. The maximum Gasteiger partial charge on any atom is 0.255 e. The van der Waals surface area contributed by atoms with Crippen molar-refractivity contribution in [1.82, 2.24) is 20.4 Å². The number of imide groups is 1. The molecule has 28 heavy (non-hydrogen) atoms. The summed E-state index contributed by atoms with van der Waals surface area (Å²) >= 11 is 0. The Hall–Kier alpha value is -2.25. The van der Waals surface area contributed by atoms with Gasteiger partial charge in [0.1, 0.15) is 6.04 Å². The van der Waals surface area contributed by atoms with Gasteiger partial charge in [-0.05, 0) is 56.1 Å². The Bertz CT molecular complexity index is 809. The Kier molecular flexibility index (Phi) is 5.21. The lowest BCUT2D eigenvalue weighted by atomic mass is 9.93. The zero-order valence-corrected chi connectivity index (χ0v) is 16.5. The van der Waals surface area contributed by atoms with E-state index >= 15 is 0 Å².